The van der Waals surface area contributed by atoms with Crippen LogP contribution >= 0.6 is 12.4 Å². The molecule has 0 aliphatic heterocycles. The van der Waals surface area contributed by atoms with E-state index in [2.05, 4.69) is 15.0 Å². The second-order valence-corrected chi connectivity index (χ2v) is 6.97. The lowest BCUT2D eigenvalue weighted by Gasteiger charge is -2.45. The van der Waals surface area contributed by atoms with Gasteiger partial charge in [0, 0.05) is 24.3 Å². The Morgan fingerprint density at radius 3 is 2.46 bits per heavy atom. The zero-order chi connectivity index (χ0) is 18.0. The summed E-state index contributed by atoms with van der Waals surface area (Å²) in [5.74, 6) is 0.379. The highest BCUT2D eigenvalue weighted by molar-refractivity contribution is 5.94. The summed E-state index contributed by atoms with van der Waals surface area (Å²) >= 11 is 0. The lowest BCUT2D eigenvalue weighted by atomic mass is 9.67. The van der Waals surface area contributed by atoms with Crippen molar-refractivity contribution in [1.29, 1.82) is 0 Å². The van der Waals surface area contributed by atoms with Crippen molar-refractivity contribution in [3.63, 3.8) is 0 Å². The highest BCUT2D eigenvalue weighted by Crippen LogP contribution is 2.39. The van der Waals surface area contributed by atoms with E-state index in [1.807, 2.05) is 0 Å². The smallest absolute Gasteiger partial charge is 0.422 e. The van der Waals surface area contributed by atoms with Gasteiger partial charge in [-0.2, -0.15) is 13.2 Å². The highest BCUT2D eigenvalue weighted by atomic mass is 35.5. The quantitative estimate of drug-likeness (QED) is 0.824. The summed E-state index contributed by atoms with van der Waals surface area (Å²) in [4.78, 5) is 16.2. The maximum atomic E-state index is 12.5. The van der Waals surface area contributed by atoms with Crippen molar-refractivity contribution >= 4 is 18.3 Å². The van der Waals surface area contributed by atoms with Gasteiger partial charge in [-0.05, 0) is 43.6 Å². The van der Waals surface area contributed by atoms with Crippen LogP contribution in [0.2, 0.25) is 0 Å². The SMILES string of the molecule is Cl.NC1CC2CCCC(C1)C2NC(=O)c1ccc(OCC(F)(F)F)nc1. The number of halogens is 4. The second kappa shape index (κ2) is 8.43. The summed E-state index contributed by atoms with van der Waals surface area (Å²) in [6.07, 6.45) is 1.97. The normalized spacial score (nSPS) is 28.0. The van der Waals surface area contributed by atoms with E-state index in [1.54, 1.807) is 0 Å². The van der Waals surface area contributed by atoms with E-state index >= 15 is 0 Å². The molecule has 1 amide bonds. The van der Waals surface area contributed by atoms with Gasteiger partial charge in [0.1, 0.15) is 0 Å². The Hall–Kier alpha value is -1.54. The maximum Gasteiger partial charge on any atom is 0.422 e. The topological polar surface area (TPSA) is 77.2 Å². The van der Waals surface area contributed by atoms with Crippen LogP contribution in [0.15, 0.2) is 18.3 Å². The molecule has 3 N–H and O–H groups in total. The molecule has 2 aliphatic carbocycles. The number of aromatic nitrogens is 1. The molecule has 2 saturated carbocycles. The third-order valence-electron chi connectivity index (χ3n) is 5.06. The van der Waals surface area contributed by atoms with Crippen molar-refractivity contribution in [2.24, 2.45) is 17.6 Å². The molecule has 1 heterocycles. The number of alkyl halides is 3. The summed E-state index contributed by atoms with van der Waals surface area (Å²) in [5, 5.41) is 3.08. The van der Waals surface area contributed by atoms with Gasteiger partial charge in [-0.3, -0.25) is 4.79 Å². The Morgan fingerprint density at radius 1 is 1.27 bits per heavy atom. The number of carbonyl (C=O) groups is 1. The zero-order valence-corrected chi connectivity index (χ0v) is 15.0. The Labute approximate surface area is 156 Å². The van der Waals surface area contributed by atoms with Crippen LogP contribution in [-0.4, -0.2) is 35.8 Å². The number of ether oxygens (including phenoxy) is 1. The van der Waals surface area contributed by atoms with Crippen LogP contribution in [0.25, 0.3) is 0 Å². The summed E-state index contributed by atoms with van der Waals surface area (Å²) in [7, 11) is 0. The summed E-state index contributed by atoms with van der Waals surface area (Å²) < 4.78 is 40.9. The monoisotopic (exact) mass is 393 g/mol. The first kappa shape index (κ1) is 20.8. The number of pyridine rings is 1. The lowest BCUT2D eigenvalue weighted by molar-refractivity contribution is -0.154. The van der Waals surface area contributed by atoms with Crippen molar-refractivity contribution in [3.05, 3.63) is 23.9 Å². The molecule has 5 nitrogen and oxygen atoms in total. The van der Waals surface area contributed by atoms with Crippen LogP contribution in [0, 0.1) is 11.8 Å². The van der Waals surface area contributed by atoms with Gasteiger partial charge in [-0.1, -0.05) is 6.42 Å². The number of hydrogen-bond donors (Lipinski definition) is 2. The minimum atomic E-state index is -4.42. The van der Waals surface area contributed by atoms with Gasteiger partial charge < -0.3 is 15.8 Å². The van der Waals surface area contributed by atoms with Gasteiger partial charge in [0.15, 0.2) is 6.61 Å². The highest BCUT2D eigenvalue weighted by Gasteiger charge is 2.40. The van der Waals surface area contributed by atoms with Crippen LogP contribution < -0.4 is 15.8 Å². The fraction of sp³-hybridized carbons (Fsp3) is 0.647. The fourth-order valence-corrected chi connectivity index (χ4v) is 4.02. The van der Waals surface area contributed by atoms with E-state index in [0.717, 1.165) is 25.7 Å². The molecule has 9 heteroatoms. The number of nitrogens with zero attached hydrogens (tertiary/aromatic N) is 1. The molecule has 2 bridgehead atoms. The molecular weight excluding hydrogens is 371 g/mol. The molecule has 0 spiro atoms. The number of hydrogen-bond acceptors (Lipinski definition) is 4. The average Bonchev–Trinajstić information content (AvgIpc) is 2.53. The lowest BCUT2D eigenvalue weighted by Crippen LogP contribution is -2.53. The fourth-order valence-electron chi connectivity index (χ4n) is 4.02. The number of carbonyl (C=O) groups excluding carboxylic acids is 1. The molecule has 1 aromatic rings. The predicted molar refractivity (Wildman–Crippen MR) is 92.3 cm³/mol. The minimum absolute atomic E-state index is 0. The average molecular weight is 394 g/mol. The Morgan fingerprint density at radius 2 is 1.92 bits per heavy atom. The van der Waals surface area contributed by atoms with Crippen LogP contribution in [0.4, 0.5) is 13.2 Å². The largest absolute Gasteiger partial charge is 0.468 e. The van der Waals surface area contributed by atoms with Crippen LogP contribution in [0.5, 0.6) is 5.88 Å². The minimum Gasteiger partial charge on any atom is -0.468 e. The molecule has 1 aromatic heterocycles. The molecule has 26 heavy (non-hydrogen) atoms. The molecule has 2 atom stereocenters. The number of rotatable bonds is 4. The molecule has 2 aliphatic rings. The van der Waals surface area contributed by atoms with E-state index in [0.29, 0.717) is 17.4 Å². The summed E-state index contributed by atoms with van der Waals surface area (Å²) in [6, 6.07) is 3.02. The van der Waals surface area contributed by atoms with Crippen LogP contribution in [-0.2, 0) is 0 Å². The Balaban J connectivity index is 0.00000243. The van der Waals surface area contributed by atoms with Crippen molar-refractivity contribution in [3.8, 4) is 5.88 Å². The van der Waals surface area contributed by atoms with E-state index in [-0.39, 0.29) is 36.3 Å². The van der Waals surface area contributed by atoms with Gasteiger partial charge in [0.2, 0.25) is 5.88 Å². The summed E-state index contributed by atoms with van der Waals surface area (Å²) in [6.45, 7) is -1.41. The third kappa shape index (κ3) is 5.23. The molecule has 3 rings (SSSR count). The number of nitrogens with one attached hydrogen (secondary N) is 1. The third-order valence-corrected chi connectivity index (χ3v) is 5.06. The Kier molecular flexibility index (Phi) is 6.74. The van der Waals surface area contributed by atoms with Gasteiger partial charge >= 0.3 is 6.18 Å². The van der Waals surface area contributed by atoms with E-state index < -0.39 is 12.8 Å². The van der Waals surface area contributed by atoms with E-state index in [1.165, 1.54) is 24.8 Å². The van der Waals surface area contributed by atoms with Crippen molar-refractivity contribution in [2.75, 3.05) is 6.61 Å². The first-order chi connectivity index (χ1) is 11.8. The number of nitrogens with two attached hydrogens (primary N) is 1. The number of fused-ring (bicyclic) bond motifs is 2. The first-order valence-corrected chi connectivity index (χ1v) is 8.54. The summed E-state index contributed by atoms with van der Waals surface area (Å²) in [5.41, 5.74) is 6.40. The van der Waals surface area contributed by atoms with E-state index in [4.69, 9.17) is 5.73 Å². The second-order valence-electron chi connectivity index (χ2n) is 6.97. The van der Waals surface area contributed by atoms with E-state index in [9.17, 15) is 18.0 Å². The van der Waals surface area contributed by atoms with Crippen LogP contribution in [0.1, 0.15) is 42.5 Å². The molecule has 0 radical (unpaired) electrons. The molecule has 2 unspecified atom stereocenters. The van der Waals surface area contributed by atoms with Gasteiger partial charge in [0.05, 0.1) is 5.56 Å². The van der Waals surface area contributed by atoms with Crippen molar-refractivity contribution < 1.29 is 22.7 Å². The Bertz CT molecular complexity index is 598. The van der Waals surface area contributed by atoms with Crippen molar-refractivity contribution in [1.82, 2.24) is 10.3 Å². The maximum absolute atomic E-state index is 12.5. The van der Waals surface area contributed by atoms with Crippen LogP contribution in [0.3, 0.4) is 0 Å². The standard InChI is InChI=1S/C17H22F3N3O2.ClH/c18-17(19,20)9-25-14-5-4-12(8-22-14)16(24)23-15-10-2-1-3-11(15)7-13(21)6-10;/h4-5,8,10-11,13,15H,1-3,6-7,9,21H2,(H,23,24);1H. The first-order valence-electron chi connectivity index (χ1n) is 8.54. The number of amides is 1. The van der Waals surface area contributed by atoms with Crippen molar-refractivity contribution in [2.45, 2.75) is 50.4 Å². The van der Waals surface area contributed by atoms with Gasteiger partial charge in [-0.15, -0.1) is 12.4 Å². The predicted octanol–water partition coefficient (Wildman–Crippen LogP) is 3.08. The molecule has 0 aromatic carbocycles. The molecular formula is C17H23ClF3N3O2. The zero-order valence-electron chi connectivity index (χ0n) is 14.2. The van der Waals surface area contributed by atoms with Gasteiger partial charge in [-0.25, -0.2) is 4.98 Å². The van der Waals surface area contributed by atoms with Gasteiger partial charge in [0.25, 0.3) is 5.91 Å². The molecule has 146 valence electrons. The molecule has 2 fully saturated rings. The molecule has 0 saturated heterocycles.